The highest BCUT2D eigenvalue weighted by atomic mass is 16.5. The highest BCUT2D eigenvalue weighted by molar-refractivity contribution is 5.42. The van der Waals surface area contributed by atoms with Crippen LogP contribution in [0.1, 0.15) is 0 Å². The van der Waals surface area contributed by atoms with E-state index in [9.17, 15) is 4.79 Å². The number of hydrogen-bond donors (Lipinski definition) is 2. The van der Waals surface area contributed by atoms with Gasteiger partial charge in [-0.1, -0.05) is 0 Å². The molecule has 118 valence electrons. The Kier molecular flexibility index (Phi) is 4.07. The normalized spacial score (nSPS) is 10.7. The zero-order valence-electron chi connectivity index (χ0n) is 12.3. The third-order valence-electron chi connectivity index (χ3n) is 3.15. The lowest BCUT2D eigenvalue weighted by molar-refractivity contribution is 0.313. The lowest BCUT2D eigenvalue weighted by Crippen LogP contribution is -2.21. The molecule has 3 rings (SSSR count). The van der Waals surface area contributed by atoms with Crippen molar-refractivity contribution < 1.29 is 4.74 Å². The van der Waals surface area contributed by atoms with Gasteiger partial charge in [-0.2, -0.15) is 4.98 Å². The number of nitrogens with zero attached hydrogens (tertiary/aromatic N) is 4. The van der Waals surface area contributed by atoms with Crippen LogP contribution >= 0.6 is 0 Å². The van der Waals surface area contributed by atoms with Crippen molar-refractivity contribution in [2.75, 3.05) is 18.9 Å². The molecule has 23 heavy (non-hydrogen) atoms. The maximum absolute atomic E-state index is 11.8. The Hall–Kier alpha value is -3.13. The zero-order valence-corrected chi connectivity index (χ0v) is 12.3. The lowest BCUT2D eigenvalue weighted by atomic mass is 10.3. The van der Waals surface area contributed by atoms with Gasteiger partial charge in [-0.15, -0.1) is 5.10 Å². The van der Waals surface area contributed by atoms with Crippen LogP contribution in [0.25, 0.3) is 11.4 Å². The molecule has 0 atom stereocenters. The summed E-state index contributed by atoms with van der Waals surface area (Å²) in [6, 6.07) is 10.6. The van der Waals surface area contributed by atoms with Gasteiger partial charge < -0.3 is 16.2 Å². The van der Waals surface area contributed by atoms with Crippen molar-refractivity contribution in [3.8, 4) is 17.3 Å². The fraction of sp³-hybridized carbons (Fsp3) is 0.133. The van der Waals surface area contributed by atoms with Gasteiger partial charge in [0, 0.05) is 25.0 Å². The van der Waals surface area contributed by atoms with E-state index in [4.69, 9.17) is 16.2 Å². The Morgan fingerprint density at radius 1 is 1.04 bits per heavy atom. The summed E-state index contributed by atoms with van der Waals surface area (Å²) in [5, 5.41) is 4.29. The number of nitrogen functional groups attached to an aromatic ring is 1. The molecule has 0 saturated heterocycles. The molecule has 0 radical (unpaired) electrons. The molecule has 2 aromatic heterocycles. The highest BCUT2D eigenvalue weighted by Gasteiger charge is 2.04. The van der Waals surface area contributed by atoms with Crippen molar-refractivity contribution in [1.29, 1.82) is 0 Å². The highest BCUT2D eigenvalue weighted by Crippen LogP contribution is 2.14. The summed E-state index contributed by atoms with van der Waals surface area (Å²) in [6.45, 7) is 0.856. The van der Waals surface area contributed by atoms with Crippen molar-refractivity contribution in [3.05, 3.63) is 59.3 Å². The second kappa shape index (κ2) is 6.32. The number of nitrogens with two attached hydrogens (primary N) is 2. The average molecular weight is 312 g/mol. The first-order chi connectivity index (χ1) is 11.2. The standard InChI is InChI=1S/C15H16N6O2/c16-7-10-23-14-6-9-21(19-14)12-3-1-11(2-4-12)20-8-5-13(17)18-15(20)22/h1-6,8-9H,7,10,16H2,(H2,17,18,22). The second-order valence-corrected chi connectivity index (χ2v) is 4.76. The van der Waals surface area contributed by atoms with Gasteiger partial charge in [-0.05, 0) is 30.3 Å². The molecule has 0 saturated carbocycles. The minimum absolute atomic E-state index is 0.199. The quantitative estimate of drug-likeness (QED) is 0.702. The van der Waals surface area contributed by atoms with Crippen molar-refractivity contribution >= 4 is 5.82 Å². The SMILES string of the molecule is NCCOc1ccn(-c2ccc(-n3ccc(N)nc3=O)cc2)n1. The molecule has 4 N–H and O–H groups in total. The van der Waals surface area contributed by atoms with Gasteiger partial charge in [0.25, 0.3) is 0 Å². The van der Waals surface area contributed by atoms with Crippen LogP contribution in [0.3, 0.4) is 0 Å². The predicted octanol–water partition coefficient (Wildman–Crippen LogP) is 0.338. The van der Waals surface area contributed by atoms with E-state index in [2.05, 4.69) is 10.1 Å². The first-order valence-corrected chi connectivity index (χ1v) is 7.02. The number of anilines is 1. The van der Waals surface area contributed by atoms with Gasteiger partial charge in [0.05, 0.1) is 11.4 Å². The molecule has 1 aromatic carbocycles. The monoisotopic (exact) mass is 312 g/mol. The van der Waals surface area contributed by atoms with E-state index in [1.54, 1.807) is 41.3 Å². The summed E-state index contributed by atoms with van der Waals surface area (Å²) in [4.78, 5) is 15.5. The molecular formula is C15H16N6O2. The van der Waals surface area contributed by atoms with E-state index in [0.717, 1.165) is 5.69 Å². The zero-order chi connectivity index (χ0) is 16.2. The Morgan fingerprint density at radius 2 is 1.78 bits per heavy atom. The Bertz CT molecular complexity index is 853. The number of ether oxygens (including phenoxy) is 1. The van der Waals surface area contributed by atoms with Crippen LogP contribution in [0.2, 0.25) is 0 Å². The number of aromatic nitrogens is 4. The topological polar surface area (TPSA) is 114 Å². The van der Waals surface area contributed by atoms with Crippen molar-refractivity contribution in [2.45, 2.75) is 0 Å². The van der Waals surface area contributed by atoms with Crippen LogP contribution in [-0.2, 0) is 0 Å². The smallest absolute Gasteiger partial charge is 0.354 e. The van der Waals surface area contributed by atoms with Gasteiger partial charge >= 0.3 is 5.69 Å². The largest absolute Gasteiger partial charge is 0.475 e. The lowest BCUT2D eigenvalue weighted by Gasteiger charge is -2.07. The minimum Gasteiger partial charge on any atom is -0.475 e. The fourth-order valence-corrected chi connectivity index (χ4v) is 2.07. The minimum atomic E-state index is -0.422. The molecule has 0 fully saturated rings. The van der Waals surface area contributed by atoms with Crippen LogP contribution in [0.5, 0.6) is 5.88 Å². The summed E-state index contributed by atoms with van der Waals surface area (Å²) < 4.78 is 8.45. The van der Waals surface area contributed by atoms with Gasteiger partial charge in [-0.25, -0.2) is 9.48 Å². The van der Waals surface area contributed by atoms with Crippen LogP contribution in [-0.4, -0.2) is 32.5 Å². The van der Waals surface area contributed by atoms with E-state index >= 15 is 0 Å². The maximum Gasteiger partial charge on any atom is 0.354 e. The van der Waals surface area contributed by atoms with Crippen molar-refractivity contribution in [1.82, 2.24) is 19.3 Å². The molecule has 0 amide bonds. The van der Waals surface area contributed by atoms with E-state index < -0.39 is 5.69 Å². The Labute approximate surface area is 131 Å². The molecule has 0 bridgehead atoms. The molecule has 0 aliphatic carbocycles. The summed E-state index contributed by atoms with van der Waals surface area (Å²) >= 11 is 0. The third kappa shape index (κ3) is 3.22. The second-order valence-electron chi connectivity index (χ2n) is 4.76. The predicted molar refractivity (Wildman–Crippen MR) is 85.9 cm³/mol. The fourth-order valence-electron chi connectivity index (χ4n) is 2.07. The first-order valence-electron chi connectivity index (χ1n) is 7.02. The summed E-state index contributed by atoms with van der Waals surface area (Å²) in [7, 11) is 0. The summed E-state index contributed by atoms with van der Waals surface area (Å²) in [5.74, 6) is 0.711. The molecule has 0 unspecified atom stereocenters. The van der Waals surface area contributed by atoms with Crippen molar-refractivity contribution in [2.24, 2.45) is 5.73 Å². The Morgan fingerprint density at radius 3 is 2.48 bits per heavy atom. The van der Waals surface area contributed by atoms with Crippen LogP contribution in [0.15, 0.2) is 53.6 Å². The molecule has 0 aliphatic heterocycles. The molecule has 2 heterocycles. The molecule has 8 heteroatoms. The van der Waals surface area contributed by atoms with E-state index in [1.807, 2.05) is 12.1 Å². The van der Waals surface area contributed by atoms with Gasteiger partial charge in [0.15, 0.2) is 0 Å². The van der Waals surface area contributed by atoms with E-state index in [1.165, 1.54) is 4.57 Å². The first kappa shape index (κ1) is 14.8. The van der Waals surface area contributed by atoms with E-state index in [-0.39, 0.29) is 5.82 Å². The average Bonchev–Trinajstić information content (AvgIpc) is 3.02. The number of rotatable bonds is 5. The van der Waals surface area contributed by atoms with Crippen LogP contribution < -0.4 is 21.9 Å². The number of hydrogen-bond acceptors (Lipinski definition) is 6. The van der Waals surface area contributed by atoms with Crippen molar-refractivity contribution in [3.63, 3.8) is 0 Å². The molecule has 8 nitrogen and oxygen atoms in total. The summed E-state index contributed by atoms with van der Waals surface area (Å²) in [6.07, 6.45) is 3.38. The molecule has 3 aromatic rings. The third-order valence-corrected chi connectivity index (χ3v) is 3.15. The van der Waals surface area contributed by atoms with Gasteiger partial charge in [-0.3, -0.25) is 4.57 Å². The van der Waals surface area contributed by atoms with Gasteiger partial charge in [0.2, 0.25) is 5.88 Å². The van der Waals surface area contributed by atoms with Crippen LogP contribution in [0, 0.1) is 0 Å². The number of benzene rings is 1. The molecule has 0 aliphatic rings. The van der Waals surface area contributed by atoms with Gasteiger partial charge in [0.1, 0.15) is 12.4 Å². The van der Waals surface area contributed by atoms with E-state index in [0.29, 0.717) is 24.7 Å². The molecular weight excluding hydrogens is 296 g/mol. The Balaban J connectivity index is 1.84. The summed E-state index contributed by atoms with van der Waals surface area (Å²) in [5.41, 5.74) is 12.0. The maximum atomic E-state index is 11.8. The van der Waals surface area contributed by atoms with Crippen LogP contribution in [0.4, 0.5) is 5.82 Å². The molecule has 0 spiro atoms.